The van der Waals surface area contributed by atoms with Crippen LogP contribution in [0.25, 0.3) is 0 Å². The third-order valence-electron chi connectivity index (χ3n) is 1.25. The van der Waals surface area contributed by atoms with E-state index in [2.05, 4.69) is 66.5 Å². The monoisotopic (exact) mass is 273 g/mol. The highest BCUT2D eigenvalue weighted by molar-refractivity contribution is 8.82. The molecule has 0 aromatic heterocycles. The predicted molar refractivity (Wildman–Crippen MR) is 74.5 cm³/mol. The standard InChI is InChI=1S/C5H12O2PS2.C4H12N/c1-5(2)3-6-8(9,10)7-4-5;1-5(2,3)4/h9-10H,3-4H2,1-2H3;1-4H3/q;+1. The van der Waals surface area contributed by atoms with Gasteiger partial charge in [0.25, 0.3) is 0 Å². The van der Waals surface area contributed by atoms with Crippen molar-refractivity contribution >= 4 is 30.6 Å². The van der Waals surface area contributed by atoms with Gasteiger partial charge in [-0.3, -0.25) is 0 Å². The van der Waals surface area contributed by atoms with Crippen LogP contribution in [0.3, 0.4) is 0 Å². The maximum atomic E-state index is 5.30. The molecule has 0 N–H and O–H groups in total. The molecule has 1 radical (unpaired) electrons. The minimum absolute atomic E-state index is 0.120. The zero-order valence-electron chi connectivity index (χ0n) is 10.5. The maximum Gasteiger partial charge on any atom is 0.210 e. The summed E-state index contributed by atoms with van der Waals surface area (Å²) in [6.45, 7) is 5.56. The van der Waals surface area contributed by atoms with Crippen LogP contribution in [0.4, 0.5) is 0 Å². The Hall–Kier alpha value is 1.01. The first-order valence-corrected chi connectivity index (χ1v) is 8.77. The van der Waals surface area contributed by atoms with E-state index in [4.69, 9.17) is 9.05 Å². The van der Waals surface area contributed by atoms with Crippen molar-refractivity contribution in [2.45, 2.75) is 13.8 Å². The fourth-order valence-electron chi connectivity index (χ4n) is 0.597. The van der Waals surface area contributed by atoms with Gasteiger partial charge in [-0.05, 0) is 0 Å². The van der Waals surface area contributed by atoms with Gasteiger partial charge in [-0.15, -0.1) is 0 Å². The third kappa shape index (κ3) is 11.3. The molecule has 0 amide bonds. The second-order valence-electron chi connectivity index (χ2n) is 5.88. The lowest BCUT2D eigenvalue weighted by atomic mass is 9.97. The van der Waals surface area contributed by atoms with Crippen LogP contribution >= 0.6 is 30.6 Å². The molecule has 6 heteroatoms. The number of thiol groups is 2. The van der Waals surface area contributed by atoms with Crippen LogP contribution in [-0.2, 0) is 9.05 Å². The first kappa shape index (κ1) is 16.0. The summed E-state index contributed by atoms with van der Waals surface area (Å²) >= 11 is 8.25. The van der Waals surface area contributed by atoms with Crippen LogP contribution in [-0.4, -0.2) is 45.9 Å². The molecule has 1 rings (SSSR count). The minimum atomic E-state index is -2.03. The molecule has 0 unspecified atom stereocenters. The summed E-state index contributed by atoms with van der Waals surface area (Å²) in [4.78, 5) is 0. The Kier molecular flexibility index (Phi) is 5.94. The van der Waals surface area contributed by atoms with Crippen molar-refractivity contribution in [2.75, 3.05) is 41.4 Å². The number of rotatable bonds is 0. The smallest absolute Gasteiger partial charge is 0.210 e. The lowest BCUT2D eigenvalue weighted by Crippen LogP contribution is -2.28. The first-order chi connectivity index (χ1) is 6.41. The van der Waals surface area contributed by atoms with Gasteiger partial charge in [0.05, 0.1) is 41.4 Å². The predicted octanol–water partition coefficient (Wildman–Crippen LogP) is 2.92. The summed E-state index contributed by atoms with van der Waals surface area (Å²) in [5.74, 6) is 0. The van der Waals surface area contributed by atoms with E-state index in [0.717, 1.165) is 4.48 Å². The van der Waals surface area contributed by atoms with Gasteiger partial charge in [-0.2, -0.15) is 0 Å². The molecule has 1 aliphatic heterocycles. The Bertz CT molecular complexity index is 171. The van der Waals surface area contributed by atoms with Crippen molar-refractivity contribution in [1.29, 1.82) is 0 Å². The Morgan fingerprint density at radius 1 is 1.00 bits per heavy atom. The average molecular weight is 273 g/mol. The number of hydrogen-bond acceptors (Lipinski definition) is 4. The third-order valence-corrected chi connectivity index (χ3v) is 3.56. The number of hydrogen-bond donors (Lipinski definition) is 2. The topological polar surface area (TPSA) is 18.5 Å². The van der Waals surface area contributed by atoms with E-state index in [1.165, 1.54) is 0 Å². The van der Waals surface area contributed by atoms with Crippen molar-refractivity contribution < 1.29 is 13.5 Å². The molecule has 0 atom stereocenters. The minimum Gasteiger partial charge on any atom is -0.333 e. The molecule has 3 nitrogen and oxygen atoms in total. The Balaban J connectivity index is 0.000000336. The fraction of sp³-hybridized carbons (Fsp3) is 1.00. The Labute approximate surface area is 105 Å². The van der Waals surface area contributed by atoms with Crippen molar-refractivity contribution in [1.82, 2.24) is 0 Å². The molecule has 15 heavy (non-hydrogen) atoms. The average Bonchev–Trinajstić information content (AvgIpc) is 1.94. The van der Waals surface area contributed by atoms with Crippen LogP contribution in [0, 0.1) is 5.41 Å². The summed E-state index contributed by atoms with van der Waals surface area (Å²) in [6, 6.07) is 0. The highest BCUT2D eigenvalue weighted by Crippen LogP contribution is 2.72. The van der Waals surface area contributed by atoms with E-state index in [0.29, 0.717) is 13.2 Å². The van der Waals surface area contributed by atoms with Gasteiger partial charge in [0, 0.05) is 5.41 Å². The molecule has 1 saturated heterocycles. The fourth-order valence-corrected chi connectivity index (χ4v) is 2.40. The lowest BCUT2D eigenvalue weighted by molar-refractivity contribution is -0.849. The molecular formula is C9H24NO2PS2+. The van der Waals surface area contributed by atoms with E-state index in [1.807, 2.05) is 0 Å². The SMILES string of the molecule is CC1(C)CO[P](S)(S)OC1.C[N+](C)(C)C. The van der Waals surface area contributed by atoms with Crippen molar-refractivity contribution in [3.8, 4) is 0 Å². The van der Waals surface area contributed by atoms with Crippen LogP contribution in [0.1, 0.15) is 13.8 Å². The zero-order chi connectivity index (χ0) is 12.3. The summed E-state index contributed by atoms with van der Waals surface area (Å²) in [6.07, 6.45) is -2.03. The molecule has 0 bridgehead atoms. The summed E-state index contributed by atoms with van der Waals surface area (Å²) in [5.41, 5.74) is 0.120. The molecule has 0 saturated carbocycles. The number of quaternary nitrogens is 1. The van der Waals surface area contributed by atoms with Crippen molar-refractivity contribution in [2.24, 2.45) is 5.41 Å². The normalized spacial score (nSPS) is 24.0. The maximum absolute atomic E-state index is 5.30. The number of nitrogens with zero attached hydrogens (tertiary/aromatic N) is 1. The van der Waals surface area contributed by atoms with Crippen LogP contribution in [0.15, 0.2) is 0 Å². The highest BCUT2D eigenvalue weighted by atomic mass is 33.1. The second-order valence-corrected chi connectivity index (χ2v) is 11.5. The van der Waals surface area contributed by atoms with Gasteiger partial charge in [-0.25, -0.2) is 0 Å². The van der Waals surface area contributed by atoms with E-state index < -0.39 is 6.12 Å². The summed E-state index contributed by atoms with van der Waals surface area (Å²) in [7, 11) is 8.50. The highest BCUT2D eigenvalue weighted by Gasteiger charge is 2.33. The van der Waals surface area contributed by atoms with E-state index >= 15 is 0 Å². The van der Waals surface area contributed by atoms with Crippen LogP contribution in [0.5, 0.6) is 0 Å². The van der Waals surface area contributed by atoms with Crippen LogP contribution < -0.4 is 0 Å². The molecule has 1 fully saturated rings. The summed E-state index contributed by atoms with van der Waals surface area (Å²) in [5, 5.41) is 0. The van der Waals surface area contributed by atoms with Gasteiger partial charge < -0.3 is 13.5 Å². The molecule has 0 spiro atoms. The van der Waals surface area contributed by atoms with Gasteiger partial charge in [0.1, 0.15) is 0 Å². The first-order valence-electron chi connectivity index (χ1n) is 4.84. The Morgan fingerprint density at radius 2 is 1.27 bits per heavy atom. The molecule has 1 heterocycles. The van der Waals surface area contributed by atoms with E-state index in [1.54, 1.807) is 0 Å². The molecule has 93 valence electrons. The molecule has 1 aliphatic rings. The van der Waals surface area contributed by atoms with E-state index in [-0.39, 0.29) is 5.41 Å². The zero-order valence-corrected chi connectivity index (χ0v) is 13.2. The lowest BCUT2D eigenvalue weighted by Gasteiger charge is -2.38. The van der Waals surface area contributed by atoms with Crippen molar-refractivity contribution in [3.05, 3.63) is 0 Å². The Morgan fingerprint density at radius 3 is 1.47 bits per heavy atom. The van der Waals surface area contributed by atoms with Gasteiger partial charge >= 0.3 is 0 Å². The van der Waals surface area contributed by atoms with Gasteiger partial charge in [-0.1, -0.05) is 38.3 Å². The quantitative estimate of drug-likeness (QED) is 0.402. The molecular weight excluding hydrogens is 249 g/mol. The van der Waals surface area contributed by atoms with Crippen molar-refractivity contribution in [3.63, 3.8) is 0 Å². The van der Waals surface area contributed by atoms with Gasteiger partial charge in [0.15, 0.2) is 0 Å². The van der Waals surface area contributed by atoms with Gasteiger partial charge in [0.2, 0.25) is 6.12 Å². The van der Waals surface area contributed by atoms with E-state index in [9.17, 15) is 0 Å². The molecule has 0 aromatic rings. The van der Waals surface area contributed by atoms with Crippen LogP contribution in [0.2, 0.25) is 0 Å². The largest absolute Gasteiger partial charge is 0.333 e. The molecule has 0 aliphatic carbocycles. The molecule has 0 aromatic carbocycles. The summed E-state index contributed by atoms with van der Waals surface area (Å²) < 4.78 is 11.6. The second kappa shape index (κ2) is 5.56.